The quantitative estimate of drug-likeness (QED) is 0.809. The van der Waals surface area contributed by atoms with Gasteiger partial charge in [-0.05, 0) is 24.1 Å². The Labute approximate surface area is 98.7 Å². The standard InChI is InChI=1S/C11H15NO3S/c1-8(13)16-7-4-10(14)11(15)9-2-5-12-6-3-9/h2-3,5-6,10-11,14-15H,4,7H2,1H3. The van der Waals surface area contributed by atoms with Crippen LogP contribution < -0.4 is 0 Å². The molecular formula is C11H15NO3S. The van der Waals surface area contributed by atoms with Crippen molar-refractivity contribution in [3.8, 4) is 0 Å². The summed E-state index contributed by atoms with van der Waals surface area (Å²) in [6, 6.07) is 3.32. The third-order valence-electron chi connectivity index (χ3n) is 2.13. The summed E-state index contributed by atoms with van der Waals surface area (Å²) in [5, 5.41) is 19.5. The summed E-state index contributed by atoms with van der Waals surface area (Å²) in [4.78, 5) is 14.5. The first-order chi connectivity index (χ1) is 7.61. The maximum absolute atomic E-state index is 10.7. The minimum absolute atomic E-state index is 0.0191. The van der Waals surface area contributed by atoms with Crippen molar-refractivity contribution < 1.29 is 15.0 Å². The number of aliphatic hydroxyl groups is 2. The van der Waals surface area contributed by atoms with E-state index >= 15 is 0 Å². The molecule has 2 unspecified atom stereocenters. The molecule has 0 saturated carbocycles. The number of hydrogen-bond acceptors (Lipinski definition) is 5. The molecule has 0 amide bonds. The van der Waals surface area contributed by atoms with Crippen LogP contribution in [0.5, 0.6) is 0 Å². The van der Waals surface area contributed by atoms with Gasteiger partial charge in [-0.3, -0.25) is 9.78 Å². The second-order valence-corrected chi connectivity index (χ2v) is 4.69. The highest BCUT2D eigenvalue weighted by Gasteiger charge is 2.17. The molecule has 2 atom stereocenters. The fourth-order valence-electron chi connectivity index (χ4n) is 1.26. The number of rotatable bonds is 5. The van der Waals surface area contributed by atoms with Gasteiger partial charge in [0.1, 0.15) is 6.10 Å². The summed E-state index contributed by atoms with van der Waals surface area (Å²) in [7, 11) is 0. The topological polar surface area (TPSA) is 70.4 Å². The van der Waals surface area contributed by atoms with E-state index < -0.39 is 12.2 Å². The summed E-state index contributed by atoms with van der Waals surface area (Å²) in [6.45, 7) is 1.48. The van der Waals surface area contributed by atoms with Crippen LogP contribution in [0.3, 0.4) is 0 Å². The lowest BCUT2D eigenvalue weighted by Gasteiger charge is -2.17. The van der Waals surface area contributed by atoms with Crippen molar-refractivity contribution in [1.29, 1.82) is 0 Å². The molecule has 4 nitrogen and oxygen atoms in total. The Morgan fingerprint density at radius 3 is 2.62 bits per heavy atom. The van der Waals surface area contributed by atoms with Crippen LogP contribution in [-0.4, -0.2) is 32.2 Å². The molecule has 1 aromatic heterocycles. The summed E-state index contributed by atoms with van der Waals surface area (Å²) in [5.41, 5.74) is 0.635. The van der Waals surface area contributed by atoms with Crippen molar-refractivity contribution in [2.45, 2.75) is 25.6 Å². The van der Waals surface area contributed by atoms with Gasteiger partial charge in [0.05, 0.1) is 6.10 Å². The van der Waals surface area contributed by atoms with Crippen molar-refractivity contribution in [3.05, 3.63) is 30.1 Å². The first-order valence-electron chi connectivity index (χ1n) is 5.00. The van der Waals surface area contributed by atoms with Gasteiger partial charge in [0, 0.05) is 25.1 Å². The minimum Gasteiger partial charge on any atom is -0.390 e. The van der Waals surface area contributed by atoms with Crippen LogP contribution in [0.25, 0.3) is 0 Å². The van der Waals surface area contributed by atoms with E-state index in [1.807, 2.05) is 0 Å². The molecule has 0 spiro atoms. The molecule has 1 heterocycles. The zero-order valence-electron chi connectivity index (χ0n) is 9.04. The highest BCUT2D eigenvalue weighted by Crippen LogP contribution is 2.19. The van der Waals surface area contributed by atoms with Crippen LogP contribution in [0, 0.1) is 0 Å². The molecule has 0 aliphatic rings. The number of carbonyl (C=O) groups is 1. The van der Waals surface area contributed by atoms with Crippen LogP contribution in [0.1, 0.15) is 25.0 Å². The summed E-state index contributed by atoms with van der Waals surface area (Å²) in [6.07, 6.45) is 1.74. The number of aliphatic hydroxyl groups excluding tert-OH is 2. The Balaban J connectivity index is 2.42. The molecule has 0 saturated heterocycles. The van der Waals surface area contributed by atoms with Crippen LogP contribution in [0.4, 0.5) is 0 Å². The van der Waals surface area contributed by atoms with Crippen molar-refractivity contribution in [3.63, 3.8) is 0 Å². The highest BCUT2D eigenvalue weighted by atomic mass is 32.2. The highest BCUT2D eigenvalue weighted by molar-refractivity contribution is 8.13. The zero-order valence-corrected chi connectivity index (χ0v) is 9.85. The number of carbonyl (C=O) groups excluding carboxylic acids is 1. The normalized spacial score (nSPS) is 14.4. The van der Waals surface area contributed by atoms with E-state index in [0.717, 1.165) is 11.8 Å². The van der Waals surface area contributed by atoms with Crippen molar-refractivity contribution in [2.24, 2.45) is 0 Å². The molecule has 0 aliphatic carbocycles. The Hall–Kier alpha value is -0.910. The van der Waals surface area contributed by atoms with Gasteiger partial charge in [-0.15, -0.1) is 0 Å². The number of thioether (sulfide) groups is 1. The lowest BCUT2D eigenvalue weighted by molar-refractivity contribution is -0.109. The summed E-state index contributed by atoms with van der Waals surface area (Å²) in [5.74, 6) is 0.513. The van der Waals surface area contributed by atoms with Gasteiger partial charge in [0.2, 0.25) is 0 Å². The van der Waals surface area contributed by atoms with Gasteiger partial charge in [-0.1, -0.05) is 11.8 Å². The molecule has 1 aromatic rings. The molecule has 0 radical (unpaired) electrons. The van der Waals surface area contributed by atoms with Gasteiger partial charge in [0.15, 0.2) is 5.12 Å². The molecule has 5 heteroatoms. The Morgan fingerprint density at radius 1 is 1.44 bits per heavy atom. The Bertz CT molecular complexity index is 331. The predicted octanol–water partition coefficient (Wildman–Crippen LogP) is 1.15. The Morgan fingerprint density at radius 2 is 2.06 bits per heavy atom. The molecule has 1 rings (SSSR count). The van der Waals surface area contributed by atoms with Gasteiger partial charge in [-0.25, -0.2) is 0 Å². The fourth-order valence-corrected chi connectivity index (χ4v) is 1.91. The van der Waals surface area contributed by atoms with Gasteiger partial charge >= 0.3 is 0 Å². The molecule has 0 aliphatic heterocycles. The third-order valence-corrected chi connectivity index (χ3v) is 2.98. The van der Waals surface area contributed by atoms with Crippen molar-refractivity contribution in [2.75, 3.05) is 5.75 Å². The predicted molar refractivity (Wildman–Crippen MR) is 63.0 cm³/mol. The molecule has 0 aromatic carbocycles. The van der Waals surface area contributed by atoms with E-state index in [4.69, 9.17) is 0 Å². The zero-order chi connectivity index (χ0) is 12.0. The van der Waals surface area contributed by atoms with Gasteiger partial charge in [0.25, 0.3) is 0 Å². The molecule has 0 fully saturated rings. The molecule has 0 bridgehead atoms. The Kier molecular flexibility index (Phi) is 5.45. The fraction of sp³-hybridized carbons (Fsp3) is 0.455. The summed E-state index contributed by atoms with van der Waals surface area (Å²) >= 11 is 1.15. The molecular weight excluding hydrogens is 226 g/mol. The van der Waals surface area contributed by atoms with Crippen LogP contribution in [-0.2, 0) is 4.79 Å². The van der Waals surface area contributed by atoms with E-state index in [1.54, 1.807) is 24.5 Å². The molecule has 16 heavy (non-hydrogen) atoms. The number of nitrogens with zero attached hydrogens (tertiary/aromatic N) is 1. The number of hydrogen-bond donors (Lipinski definition) is 2. The minimum atomic E-state index is -0.921. The first-order valence-corrected chi connectivity index (χ1v) is 5.99. The third kappa shape index (κ3) is 4.30. The number of aromatic nitrogens is 1. The van der Waals surface area contributed by atoms with Crippen LogP contribution in [0.2, 0.25) is 0 Å². The second kappa shape index (κ2) is 6.62. The average Bonchev–Trinajstić information content (AvgIpc) is 2.28. The smallest absolute Gasteiger partial charge is 0.185 e. The largest absolute Gasteiger partial charge is 0.390 e. The van der Waals surface area contributed by atoms with Gasteiger partial charge < -0.3 is 10.2 Å². The number of pyridine rings is 1. The SMILES string of the molecule is CC(=O)SCCC(O)C(O)c1ccncc1. The van der Waals surface area contributed by atoms with E-state index in [0.29, 0.717) is 17.7 Å². The molecule has 2 N–H and O–H groups in total. The van der Waals surface area contributed by atoms with E-state index in [-0.39, 0.29) is 5.12 Å². The second-order valence-electron chi connectivity index (χ2n) is 3.42. The van der Waals surface area contributed by atoms with Crippen molar-refractivity contribution in [1.82, 2.24) is 4.98 Å². The van der Waals surface area contributed by atoms with E-state index in [1.165, 1.54) is 6.92 Å². The average molecular weight is 241 g/mol. The summed E-state index contributed by atoms with van der Waals surface area (Å²) < 4.78 is 0. The molecule has 88 valence electrons. The van der Waals surface area contributed by atoms with Crippen LogP contribution >= 0.6 is 11.8 Å². The van der Waals surface area contributed by atoms with Crippen molar-refractivity contribution >= 4 is 16.9 Å². The van der Waals surface area contributed by atoms with E-state index in [9.17, 15) is 15.0 Å². The van der Waals surface area contributed by atoms with E-state index in [2.05, 4.69) is 4.98 Å². The monoisotopic (exact) mass is 241 g/mol. The van der Waals surface area contributed by atoms with Gasteiger partial charge in [-0.2, -0.15) is 0 Å². The van der Waals surface area contributed by atoms with Crippen LogP contribution in [0.15, 0.2) is 24.5 Å². The first kappa shape index (κ1) is 13.2. The maximum Gasteiger partial charge on any atom is 0.185 e. The maximum atomic E-state index is 10.7. The lowest BCUT2D eigenvalue weighted by atomic mass is 10.0. The lowest BCUT2D eigenvalue weighted by Crippen LogP contribution is -2.19.